The molecular formula is C22H29NO2. The molecule has 1 aliphatic carbocycles. The zero-order valence-electron chi connectivity index (χ0n) is 15.4. The van der Waals surface area contributed by atoms with Gasteiger partial charge in [0.1, 0.15) is 6.61 Å². The minimum Gasteiger partial charge on any atom is -0.493 e. The van der Waals surface area contributed by atoms with Crippen molar-refractivity contribution in [3.63, 3.8) is 0 Å². The highest BCUT2D eigenvalue weighted by Gasteiger charge is 2.15. The molecule has 0 aliphatic heterocycles. The molecule has 3 rings (SSSR count). The fourth-order valence-electron chi connectivity index (χ4n) is 3.54. The Hall–Kier alpha value is -2.00. The van der Waals surface area contributed by atoms with Crippen LogP contribution >= 0.6 is 0 Å². The van der Waals surface area contributed by atoms with E-state index in [0.717, 1.165) is 23.6 Å². The summed E-state index contributed by atoms with van der Waals surface area (Å²) in [7, 11) is 1.70. The van der Waals surface area contributed by atoms with Gasteiger partial charge in [-0.1, -0.05) is 61.2 Å². The van der Waals surface area contributed by atoms with Crippen molar-refractivity contribution in [1.82, 2.24) is 5.32 Å². The van der Waals surface area contributed by atoms with Crippen LogP contribution in [0, 0.1) is 6.92 Å². The first kappa shape index (κ1) is 17.8. The fraction of sp³-hybridized carbons (Fsp3) is 0.455. The van der Waals surface area contributed by atoms with Gasteiger partial charge in [-0.15, -0.1) is 0 Å². The first-order valence-corrected chi connectivity index (χ1v) is 9.34. The lowest BCUT2D eigenvalue weighted by Gasteiger charge is -2.24. The SMILES string of the molecule is COc1cccc(CNC2CCCCC2)c1OCc1cccc(C)c1. The molecule has 0 radical (unpaired) electrons. The van der Waals surface area contributed by atoms with Gasteiger partial charge in [-0.3, -0.25) is 0 Å². The highest BCUT2D eigenvalue weighted by atomic mass is 16.5. The molecule has 1 fully saturated rings. The predicted molar refractivity (Wildman–Crippen MR) is 102 cm³/mol. The van der Waals surface area contributed by atoms with E-state index >= 15 is 0 Å². The smallest absolute Gasteiger partial charge is 0.166 e. The van der Waals surface area contributed by atoms with Crippen molar-refractivity contribution >= 4 is 0 Å². The van der Waals surface area contributed by atoms with Crippen molar-refractivity contribution in [3.8, 4) is 11.5 Å². The van der Waals surface area contributed by atoms with Crippen LogP contribution in [-0.4, -0.2) is 13.2 Å². The molecular weight excluding hydrogens is 310 g/mol. The molecule has 0 saturated heterocycles. The van der Waals surface area contributed by atoms with E-state index in [-0.39, 0.29) is 0 Å². The summed E-state index contributed by atoms with van der Waals surface area (Å²) in [5, 5.41) is 3.70. The molecule has 0 spiro atoms. The zero-order valence-corrected chi connectivity index (χ0v) is 15.4. The van der Waals surface area contributed by atoms with E-state index in [2.05, 4.69) is 42.6 Å². The Balaban J connectivity index is 1.69. The molecule has 0 bridgehead atoms. The number of para-hydroxylation sites is 1. The van der Waals surface area contributed by atoms with Crippen LogP contribution in [0.5, 0.6) is 11.5 Å². The summed E-state index contributed by atoms with van der Waals surface area (Å²) < 4.78 is 11.7. The maximum Gasteiger partial charge on any atom is 0.166 e. The van der Waals surface area contributed by atoms with Gasteiger partial charge in [0.05, 0.1) is 7.11 Å². The average Bonchev–Trinajstić information content (AvgIpc) is 2.65. The minimum atomic E-state index is 0.554. The lowest BCUT2D eigenvalue weighted by atomic mass is 9.95. The Labute approximate surface area is 151 Å². The summed E-state index contributed by atoms with van der Waals surface area (Å²) in [5.74, 6) is 1.66. The largest absolute Gasteiger partial charge is 0.493 e. The molecule has 1 aliphatic rings. The molecule has 0 unspecified atom stereocenters. The van der Waals surface area contributed by atoms with Crippen LogP contribution in [0.1, 0.15) is 48.8 Å². The first-order valence-electron chi connectivity index (χ1n) is 9.34. The number of benzene rings is 2. The maximum atomic E-state index is 6.18. The molecule has 0 atom stereocenters. The summed E-state index contributed by atoms with van der Waals surface area (Å²) in [6, 6.07) is 15.2. The second-order valence-corrected chi connectivity index (χ2v) is 6.94. The van der Waals surface area contributed by atoms with E-state index in [1.165, 1.54) is 43.2 Å². The van der Waals surface area contributed by atoms with E-state index in [1.807, 2.05) is 12.1 Å². The third-order valence-corrected chi connectivity index (χ3v) is 4.93. The number of ether oxygens (including phenoxy) is 2. The van der Waals surface area contributed by atoms with Gasteiger partial charge in [0.25, 0.3) is 0 Å². The maximum absolute atomic E-state index is 6.18. The van der Waals surface area contributed by atoms with Crippen LogP contribution in [-0.2, 0) is 13.2 Å². The second kappa shape index (κ2) is 8.91. The van der Waals surface area contributed by atoms with Gasteiger partial charge in [0.2, 0.25) is 0 Å². The average molecular weight is 339 g/mol. The summed E-state index contributed by atoms with van der Waals surface area (Å²) in [4.78, 5) is 0. The normalized spacial score (nSPS) is 15.1. The van der Waals surface area contributed by atoms with Gasteiger partial charge in [0, 0.05) is 18.2 Å². The van der Waals surface area contributed by atoms with Crippen molar-refractivity contribution in [2.24, 2.45) is 0 Å². The van der Waals surface area contributed by atoms with Crippen LogP contribution < -0.4 is 14.8 Å². The fourth-order valence-corrected chi connectivity index (χ4v) is 3.54. The standard InChI is InChI=1S/C22H29NO2/c1-17-8-6-9-18(14-17)16-25-22-19(10-7-13-21(22)24-2)15-23-20-11-4-3-5-12-20/h6-10,13-14,20,23H,3-5,11-12,15-16H2,1-2H3. The summed E-state index contributed by atoms with van der Waals surface area (Å²) in [6.45, 7) is 3.48. The zero-order chi connectivity index (χ0) is 17.5. The van der Waals surface area contributed by atoms with Crippen LogP contribution in [0.4, 0.5) is 0 Å². The van der Waals surface area contributed by atoms with Crippen molar-refractivity contribution < 1.29 is 9.47 Å². The van der Waals surface area contributed by atoms with E-state index in [9.17, 15) is 0 Å². The third kappa shape index (κ3) is 4.99. The molecule has 3 nitrogen and oxygen atoms in total. The highest BCUT2D eigenvalue weighted by molar-refractivity contribution is 5.46. The molecule has 2 aromatic carbocycles. The number of hydrogen-bond acceptors (Lipinski definition) is 3. The second-order valence-electron chi connectivity index (χ2n) is 6.94. The quantitative estimate of drug-likeness (QED) is 0.769. The Kier molecular flexibility index (Phi) is 6.35. The Bertz CT molecular complexity index is 677. The molecule has 0 aromatic heterocycles. The topological polar surface area (TPSA) is 30.5 Å². The predicted octanol–water partition coefficient (Wildman–Crippen LogP) is 5.00. The highest BCUT2D eigenvalue weighted by Crippen LogP contribution is 2.32. The van der Waals surface area contributed by atoms with Gasteiger partial charge in [-0.25, -0.2) is 0 Å². The van der Waals surface area contributed by atoms with Crippen LogP contribution in [0.3, 0.4) is 0 Å². The number of nitrogens with one attached hydrogen (secondary N) is 1. The summed E-state index contributed by atoms with van der Waals surface area (Å²) in [6.07, 6.45) is 6.62. The van der Waals surface area contributed by atoms with Crippen molar-refractivity contribution in [3.05, 3.63) is 59.2 Å². The van der Waals surface area contributed by atoms with Crippen LogP contribution in [0.15, 0.2) is 42.5 Å². The molecule has 0 amide bonds. The number of rotatable bonds is 7. The van der Waals surface area contributed by atoms with Gasteiger partial charge in [-0.05, 0) is 31.4 Å². The van der Waals surface area contributed by atoms with E-state index < -0.39 is 0 Å². The summed E-state index contributed by atoms with van der Waals surface area (Å²) >= 11 is 0. The lowest BCUT2D eigenvalue weighted by Crippen LogP contribution is -2.30. The van der Waals surface area contributed by atoms with Crippen LogP contribution in [0.2, 0.25) is 0 Å². The monoisotopic (exact) mass is 339 g/mol. The van der Waals surface area contributed by atoms with E-state index in [0.29, 0.717) is 12.6 Å². The number of aryl methyl sites for hydroxylation is 1. The Morgan fingerprint density at radius 3 is 2.60 bits per heavy atom. The number of methoxy groups -OCH3 is 1. The molecule has 0 heterocycles. The molecule has 1 saturated carbocycles. The van der Waals surface area contributed by atoms with E-state index in [1.54, 1.807) is 7.11 Å². The van der Waals surface area contributed by atoms with Crippen LogP contribution in [0.25, 0.3) is 0 Å². The van der Waals surface area contributed by atoms with Crippen molar-refractivity contribution in [2.45, 2.75) is 58.2 Å². The molecule has 1 N–H and O–H groups in total. The van der Waals surface area contributed by atoms with Crippen molar-refractivity contribution in [1.29, 1.82) is 0 Å². The van der Waals surface area contributed by atoms with Gasteiger partial charge in [0.15, 0.2) is 11.5 Å². The number of hydrogen-bond donors (Lipinski definition) is 1. The molecule has 3 heteroatoms. The minimum absolute atomic E-state index is 0.554. The Morgan fingerprint density at radius 1 is 1.04 bits per heavy atom. The molecule has 25 heavy (non-hydrogen) atoms. The van der Waals surface area contributed by atoms with E-state index in [4.69, 9.17) is 9.47 Å². The van der Waals surface area contributed by atoms with Gasteiger partial charge in [-0.2, -0.15) is 0 Å². The summed E-state index contributed by atoms with van der Waals surface area (Å²) in [5.41, 5.74) is 3.59. The third-order valence-electron chi connectivity index (χ3n) is 4.93. The van der Waals surface area contributed by atoms with Crippen molar-refractivity contribution in [2.75, 3.05) is 7.11 Å². The lowest BCUT2D eigenvalue weighted by molar-refractivity contribution is 0.279. The van der Waals surface area contributed by atoms with Gasteiger partial charge >= 0.3 is 0 Å². The molecule has 134 valence electrons. The molecule has 2 aromatic rings. The Morgan fingerprint density at radius 2 is 1.84 bits per heavy atom. The first-order chi connectivity index (χ1) is 12.3. The van der Waals surface area contributed by atoms with Gasteiger partial charge < -0.3 is 14.8 Å².